The van der Waals surface area contributed by atoms with Crippen LogP contribution in [0.25, 0.3) is 0 Å². The zero-order valence-corrected chi connectivity index (χ0v) is 14.9. The molecule has 1 amide bonds. The lowest BCUT2D eigenvalue weighted by Crippen LogP contribution is -2.44. The van der Waals surface area contributed by atoms with E-state index < -0.39 is 0 Å². The molecule has 1 aromatic rings. The normalized spacial score (nSPS) is 18.8. The summed E-state index contributed by atoms with van der Waals surface area (Å²) >= 11 is 2.28. The Hall–Kier alpha value is -0.660. The molecule has 5 heteroatoms. The van der Waals surface area contributed by atoms with Crippen molar-refractivity contribution in [3.8, 4) is 0 Å². The predicted octanol–water partition coefficient (Wildman–Crippen LogP) is 2.61. The molecule has 0 spiro atoms. The smallest absolute Gasteiger partial charge is 0.238 e. The van der Waals surface area contributed by atoms with E-state index >= 15 is 0 Å². The molecule has 1 unspecified atom stereocenters. The highest BCUT2D eigenvalue weighted by Crippen LogP contribution is 2.17. The minimum atomic E-state index is 0.0533. The quantitative estimate of drug-likeness (QED) is 0.746. The van der Waals surface area contributed by atoms with E-state index in [1.165, 1.54) is 22.8 Å². The second-order valence-corrected chi connectivity index (χ2v) is 7.10. The fourth-order valence-corrected chi connectivity index (χ4v) is 3.37. The molecule has 1 aliphatic heterocycles. The Morgan fingerprint density at radius 3 is 2.95 bits per heavy atom. The topological polar surface area (TPSA) is 44.4 Å². The molecule has 116 valence electrons. The fourth-order valence-electron chi connectivity index (χ4n) is 2.72. The molecule has 1 saturated heterocycles. The van der Waals surface area contributed by atoms with Gasteiger partial charge in [-0.1, -0.05) is 6.42 Å². The summed E-state index contributed by atoms with van der Waals surface area (Å²) in [5, 5.41) is 6.52. The molecule has 0 bridgehead atoms. The van der Waals surface area contributed by atoms with E-state index in [0.717, 1.165) is 24.3 Å². The molecule has 1 aliphatic rings. The zero-order chi connectivity index (χ0) is 15.2. The van der Waals surface area contributed by atoms with Crippen molar-refractivity contribution >= 4 is 34.2 Å². The summed E-state index contributed by atoms with van der Waals surface area (Å²) in [6.45, 7) is 4.49. The SMILES string of the molecule is Cc1cc(I)ccc1NC(=O)CN(C)CC1CCCCN1. The van der Waals surface area contributed by atoms with Gasteiger partial charge in [0.15, 0.2) is 0 Å². The molecule has 0 aromatic heterocycles. The van der Waals surface area contributed by atoms with Gasteiger partial charge in [-0.25, -0.2) is 0 Å². The van der Waals surface area contributed by atoms with Crippen molar-refractivity contribution < 1.29 is 4.79 Å². The molecule has 4 nitrogen and oxygen atoms in total. The zero-order valence-electron chi connectivity index (χ0n) is 12.8. The van der Waals surface area contributed by atoms with Gasteiger partial charge in [-0.2, -0.15) is 0 Å². The van der Waals surface area contributed by atoms with Crippen LogP contribution in [0.3, 0.4) is 0 Å². The Morgan fingerprint density at radius 2 is 2.29 bits per heavy atom. The van der Waals surface area contributed by atoms with Gasteiger partial charge in [0.1, 0.15) is 0 Å². The Balaban J connectivity index is 1.80. The standard InChI is InChI=1S/C16H24IN3O/c1-12-9-13(17)6-7-15(12)19-16(21)11-20(2)10-14-5-3-4-8-18-14/h6-7,9,14,18H,3-5,8,10-11H2,1-2H3,(H,19,21). The van der Waals surface area contributed by atoms with Crippen molar-refractivity contribution in [2.45, 2.75) is 32.2 Å². The maximum absolute atomic E-state index is 12.1. The Morgan fingerprint density at radius 1 is 1.48 bits per heavy atom. The molecule has 2 N–H and O–H groups in total. The first-order valence-electron chi connectivity index (χ1n) is 7.52. The average molecular weight is 401 g/mol. The van der Waals surface area contributed by atoms with Gasteiger partial charge in [-0.15, -0.1) is 0 Å². The van der Waals surface area contributed by atoms with Gasteiger partial charge in [0.05, 0.1) is 6.54 Å². The van der Waals surface area contributed by atoms with Crippen molar-refractivity contribution in [1.29, 1.82) is 0 Å². The van der Waals surface area contributed by atoms with Gasteiger partial charge in [0.2, 0.25) is 5.91 Å². The van der Waals surface area contributed by atoms with E-state index in [0.29, 0.717) is 12.6 Å². The first kappa shape index (κ1) is 16.7. The number of anilines is 1. The summed E-state index contributed by atoms with van der Waals surface area (Å²) < 4.78 is 1.18. The molecule has 1 aromatic carbocycles. The second-order valence-electron chi connectivity index (χ2n) is 5.85. The molecule has 1 fully saturated rings. The fraction of sp³-hybridized carbons (Fsp3) is 0.562. The number of nitrogens with zero attached hydrogens (tertiary/aromatic N) is 1. The van der Waals surface area contributed by atoms with Crippen molar-refractivity contribution in [1.82, 2.24) is 10.2 Å². The Bertz CT molecular complexity index is 486. The van der Waals surface area contributed by atoms with Crippen LogP contribution in [0.2, 0.25) is 0 Å². The van der Waals surface area contributed by atoms with Crippen LogP contribution in [-0.4, -0.2) is 43.5 Å². The molecule has 0 radical (unpaired) electrons. The number of hydrogen-bond donors (Lipinski definition) is 2. The van der Waals surface area contributed by atoms with E-state index in [2.05, 4.69) is 44.2 Å². The number of halogens is 1. The first-order chi connectivity index (χ1) is 10.0. The third kappa shape index (κ3) is 5.56. The van der Waals surface area contributed by atoms with Crippen LogP contribution < -0.4 is 10.6 Å². The number of benzene rings is 1. The molecule has 21 heavy (non-hydrogen) atoms. The first-order valence-corrected chi connectivity index (χ1v) is 8.60. The molecular formula is C16H24IN3O. The van der Waals surface area contributed by atoms with Crippen LogP contribution in [0.4, 0.5) is 5.69 Å². The molecule has 0 saturated carbocycles. The van der Waals surface area contributed by atoms with Crippen LogP contribution >= 0.6 is 22.6 Å². The number of likely N-dealkylation sites (N-methyl/N-ethyl adjacent to an activating group) is 1. The molecular weight excluding hydrogens is 377 g/mol. The van der Waals surface area contributed by atoms with Gasteiger partial charge in [0.25, 0.3) is 0 Å². The summed E-state index contributed by atoms with van der Waals surface area (Å²) in [7, 11) is 2.01. The minimum Gasteiger partial charge on any atom is -0.325 e. The van der Waals surface area contributed by atoms with E-state index in [4.69, 9.17) is 0 Å². The highest BCUT2D eigenvalue weighted by molar-refractivity contribution is 14.1. The lowest BCUT2D eigenvalue weighted by atomic mass is 10.0. The summed E-state index contributed by atoms with van der Waals surface area (Å²) in [6.07, 6.45) is 3.77. The molecule has 0 aliphatic carbocycles. The minimum absolute atomic E-state index is 0.0533. The van der Waals surface area contributed by atoms with Gasteiger partial charge >= 0.3 is 0 Å². The largest absolute Gasteiger partial charge is 0.325 e. The molecule has 2 rings (SSSR count). The number of amides is 1. The number of rotatable bonds is 5. The van der Waals surface area contributed by atoms with Crippen molar-refractivity contribution in [2.75, 3.05) is 32.0 Å². The van der Waals surface area contributed by atoms with E-state index in [-0.39, 0.29) is 5.91 Å². The van der Waals surface area contributed by atoms with Crippen LogP contribution in [0, 0.1) is 10.5 Å². The highest BCUT2D eigenvalue weighted by Gasteiger charge is 2.16. The third-order valence-corrected chi connectivity index (χ3v) is 4.49. The average Bonchev–Trinajstić information content (AvgIpc) is 2.43. The lowest BCUT2D eigenvalue weighted by Gasteiger charge is -2.27. The van der Waals surface area contributed by atoms with Crippen molar-refractivity contribution in [2.24, 2.45) is 0 Å². The van der Waals surface area contributed by atoms with Gasteiger partial charge < -0.3 is 10.6 Å². The highest BCUT2D eigenvalue weighted by atomic mass is 127. The van der Waals surface area contributed by atoms with Crippen LogP contribution in [-0.2, 0) is 4.79 Å². The number of aryl methyl sites for hydroxylation is 1. The molecule has 1 heterocycles. The van der Waals surface area contributed by atoms with Gasteiger partial charge in [-0.3, -0.25) is 9.69 Å². The van der Waals surface area contributed by atoms with Crippen molar-refractivity contribution in [3.05, 3.63) is 27.3 Å². The van der Waals surface area contributed by atoms with E-state index in [1.54, 1.807) is 0 Å². The second kappa shape index (κ2) is 8.10. The number of carbonyl (C=O) groups excluding carboxylic acids is 1. The third-order valence-electron chi connectivity index (χ3n) is 3.82. The van der Waals surface area contributed by atoms with Crippen LogP contribution in [0.5, 0.6) is 0 Å². The number of hydrogen-bond acceptors (Lipinski definition) is 3. The maximum Gasteiger partial charge on any atom is 0.238 e. The number of piperidine rings is 1. The number of nitrogens with one attached hydrogen (secondary N) is 2. The molecule has 1 atom stereocenters. The summed E-state index contributed by atoms with van der Waals surface area (Å²) in [5.74, 6) is 0.0533. The summed E-state index contributed by atoms with van der Waals surface area (Å²) in [6, 6.07) is 6.58. The lowest BCUT2D eigenvalue weighted by molar-refractivity contribution is -0.117. The monoisotopic (exact) mass is 401 g/mol. The van der Waals surface area contributed by atoms with Crippen molar-refractivity contribution in [3.63, 3.8) is 0 Å². The Kier molecular flexibility index (Phi) is 6.44. The van der Waals surface area contributed by atoms with Gasteiger partial charge in [-0.05, 0) is 79.7 Å². The van der Waals surface area contributed by atoms with E-state index in [9.17, 15) is 4.79 Å². The van der Waals surface area contributed by atoms with E-state index in [1.807, 2.05) is 26.1 Å². The Labute approximate surface area is 140 Å². The van der Waals surface area contributed by atoms with Crippen LogP contribution in [0.15, 0.2) is 18.2 Å². The predicted molar refractivity (Wildman–Crippen MR) is 95.7 cm³/mol. The van der Waals surface area contributed by atoms with Crippen LogP contribution in [0.1, 0.15) is 24.8 Å². The number of carbonyl (C=O) groups is 1. The van der Waals surface area contributed by atoms with Gasteiger partial charge in [0, 0.05) is 21.8 Å². The summed E-state index contributed by atoms with van der Waals surface area (Å²) in [4.78, 5) is 14.2. The maximum atomic E-state index is 12.1. The summed E-state index contributed by atoms with van der Waals surface area (Å²) in [5.41, 5.74) is 2.01.